The van der Waals surface area contributed by atoms with Crippen LogP contribution in [0.2, 0.25) is 0 Å². The van der Waals surface area contributed by atoms with E-state index in [4.69, 9.17) is 0 Å². The third kappa shape index (κ3) is 4.62. The first-order valence-corrected chi connectivity index (χ1v) is 8.93. The quantitative estimate of drug-likeness (QED) is 0.436. The number of hydrogen-bond acceptors (Lipinski definition) is 3. The Kier molecular flexibility index (Phi) is 5.71. The average Bonchev–Trinajstić information content (AvgIpc) is 3.03. The number of nitrogens with zero attached hydrogens (tertiary/aromatic N) is 3. The molecule has 1 heterocycles. The van der Waals surface area contributed by atoms with Crippen LogP contribution in [0, 0.1) is 17.5 Å². The molecule has 7 heteroatoms. The molecule has 0 spiro atoms. The zero-order chi connectivity index (χ0) is 19.4. The molecule has 3 rings (SSSR count). The lowest BCUT2D eigenvalue weighted by molar-refractivity contribution is 0.582. The largest absolute Gasteiger partial charge is 0.253 e. The Morgan fingerprint density at radius 2 is 1.81 bits per heavy atom. The summed E-state index contributed by atoms with van der Waals surface area (Å²) in [5.74, 6) is -1.71. The molecule has 138 valence electrons. The molecule has 1 aromatic heterocycles. The summed E-state index contributed by atoms with van der Waals surface area (Å²) >= 11 is 1.35. The van der Waals surface area contributed by atoms with E-state index >= 15 is 0 Å². The van der Waals surface area contributed by atoms with Crippen molar-refractivity contribution >= 4 is 17.6 Å². The summed E-state index contributed by atoms with van der Waals surface area (Å²) in [4.78, 5) is 5.04. The molecule has 0 aliphatic heterocycles. The Hall–Kier alpha value is -2.93. The lowest BCUT2D eigenvalue weighted by atomic mass is 10.2. The van der Waals surface area contributed by atoms with Gasteiger partial charge >= 0.3 is 0 Å². The van der Waals surface area contributed by atoms with Crippen LogP contribution < -0.4 is 4.80 Å². The number of thiazole rings is 1. The maximum absolute atomic E-state index is 13.9. The fraction of sp³-hybridized carbons (Fsp3) is 0.100. The van der Waals surface area contributed by atoms with E-state index < -0.39 is 11.6 Å². The number of rotatable bonds is 5. The van der Waals surface area contributed by atoms with E-state index in [1.807, 2.05) is 12.3 Å². The van der Waals surface area contributed by atoms with Gasteiger partial charge in [0, 0.05) is 22.6 Å². The van der Waals surface area contributed by atoms with Crippen LogP contribution in [0.15, 0.2) is 70.1 Å². The molecule has 2 aromatic carbocycles. The van der Waals surface area contributed by atoms with Crippen LogP contribution in [0.5, 0.6) is 0 Å². The summed E-state index contributed by atoms with van der Waals surface area (Å²) in [5.41, 5.74) is 2.44. The van der Waals surface area contributed by atoms with Crippen molar-refractivity contribution in [2.45, 2.75) is 6.92 Å². The molecule has 0 amide bonds. The molecule has 3 aromatic rings. The van der Waals surface area contributed by atoms with Crippen molar-refractivity contribution in [1.82, 2.24) is 4.68 Å². The molecule has 27 heavy (non-hydrogen) atoms. The van der Waals surface area contributed by atoms with Gasteiger partial charge in [-0.15, -0.1) is 11.3 Å². The van der Waals surface area contributed by atoms with Gasteiger partial charge in [-0.2, -0.15) is 5.10 Å². The van der Waals surface area contributed by atoms with E-state index in [9.17, 15) is 13.2 Å². The van der Waals surface area contributed by atoms with Crippen molar-refractivity contribution in [3.63, 3.8) is 0 Å². The predicted molar refractivity (Wildman–Crippen MR) is 102 cm³/mol. The summed E-state index contributed by atoms with van der Waals surface area (Å²) in [6.07, 6.45) is 1.30. The van der Waals surface area contributed by atoms with Gasteiger partial charge in [0.05, 0.1) is 18.5 Å². The average molecular weight is 387 g/mol. The van der Waals surface area contributed by atoms with Gasteiger partial charge in [0.25, 0.3) is 0 Å². The van der Waals surface area contributed by atoms with Gasteiger partial charge in [0.15, 0.2) is 0 Å². The Labute approximate surface area is 158 Å². The van der Waals surface area contributed by atoms with Gasteiger partial charge < -0.3 is 0 Å². The minimum Gasteiger partial charge on any atom is -0.253 e. The van der Waals surface area contributed by atoms with Crippen molar-refractivity contribution in [2.75, 3.05) is 6.54 Å². The summed E-state index contributed by atoms with van der Waals surface area (Å²) in [6.45, 7) is 6.11. The van der Waals surface area contributed by atoms with Crippen LogP contribution in [0.3, 0.4) is 0 Å². The smallest absolute Gasteiger partial charge is 0.206 e. The zero-order valence-electron chi connectivity index (χ0n) is 14.5. The van der Waals surface area contributed by atoms with Crippen molar-refractivity contribution in [1.29, 1.82) is 0 Å². The number of aromatic nitrogens is 1. The molecule has 0 N–H and O–H groups in total. The van der Waals surface area contributed by atoms with Gasteiger partial charge in [0.1, 0.15) is 17.5 Å². The van der Waals surface area contributed by atoms with Gasteiger partial charge in [0.2, 0.25) is 4.80 Å². The van der Waals surface area contributed by atoms with Crippen molar-refractivity contribution < 1.29 is 13.2 Å². The summed E-state index contributed by atoms with van der Waals surface area (Å²) in [6, 6.07) is 9.23. The molecular formula is C20H16F3N3S. The summed E-state index contributed by atoms with van der Waals surface area (Å²) in [5, 5.41) is 6.16. The number of hydrogen-bond donors (Lipinski definition) is 0. The summed E-state index contributed by atoms with van der Waals surface area (Å²) in [7, 11) is 0. The first-order chi connectivity index (χ1) is 12.9. The minimum absolute atomic E-state index is 0.144. The van der Waals surface area contributed by atoms with Crippen LogP contribution in [0.4, 0.5) is 13.2 Å². The van der Waals surface area contributed by atoms with Crippen molar-refractivity contribution in [3.05, 3.63) is 87.8 Å². The van der Waals surface area contributed by atoms with Gasteiger partial charge in [-0.3, -0.25) is 4.99 Å². The van der Waals surface area contributed by atoms with Crippen LogP contribution in [0.1, 0.15) is 12.5 Å². The first kappa shape index (κ1) is 18.8. The molecule has 0 saturated carbocycles. The molecule has 0 aliphatic rings. The molecule has 0 atom stereocenters. The van der Waals surface area contributed by atoms with E-state index in [-0.39, 0.29) is 11.4 Å². The molecule has 0 saturated heterocycles. The lowest BCUT2D eigenvalue weighted by Crippen LogP contribution is -2.13. The monoisotopic (exact) mass is 387 g/mol. The van der Waals surface area contributed by atoms with Crippen LogP contribution in [-0.4, -0.2) is 17.4 Å². The molecule has 0 fully saturated rings. The van der Waals surface area contributed by atoms with E-state index in [0.29, 0.717) is 17.0 Å². The SMILES string of the molecule is C=C(C)CN=c1scc(-c2ccc(F)cc2)n1N=Cc1ccc(F)cc1F. The maximum atomic E-state index is 13.9. The van der Waals surface area contributed by atoms with Crippen molar-refractivity contribution in [3.8, 4) is 11.3 Å². The molecular weight excluding hydrogens is 371 g/mol. The highest BCUT2D eigenvalue weighted by atomic mass is 32.1. The van der Waals surface area contributed by atoms with Gasteiger partial charge in [-0.1, -0.05) is 12.2 Å². The van der Waals surface area contributed by atoms with E-state index in [1.165, 1.54) is 35.8 Å². The Balaban J connectivity index is 2.08. The normalized spacial score (nSPS) is 12.1. The fourth-order valence-electron chi connectivity index (χ4n) is 2.27. The Bertz CT molecular complexity index is 1060. The second-order valence-electron chi connectivity index (χ2n) is 5.91. The van der Waals surface area contributed by atoms with E-state index in [1.54, 1.807) is 16.8 Å². The van der Waals surface area contributed by atoms with E-state index in [2.05, 4.69) is 16.7 Å². The van der Waals surface area contributed by atoms with Gasteiger partial charge in [-0.25, -0.2) is 17.8 Å². The topological polar surface area (TPSA) is 29.6 Å². The van der Waals surface area contributed by atoms with Crippen LogP contribution in [-0.2, 0) is 0 Å². The Morgan fingerprint density at radius 1 is 1.11 bits per heavy atom. The van der Waals surface area contributed by atoms with Crippen LogP contribution >= 0.6 is 11.3 Å². The van der Waals surface area contributed by atoms with Crippen molar-refractivity contribution in [2.24, 2.45) is 10.1 Å². The maximum Gasteiger partial charge on any atom is 0.206 e. The zero-order valence-corrected chi connectivity index (χ0v) is 15.3. The molecule has 3 nitrogen and oxygen atoms in total. The molecule has 0 aliphatic carbocycles. The molecule has 0 unspecified atom stereocenters. The fourth-order valence-corrected chi connectivity index (χ4v) is 3.10. The first-order valence-electron chi connectivity index (χ1n) is 8.05. The summed E-state index contributed by atoms with van der Waals surface area (Å²) < 4.78 is 41.7. The molecule has 0 radical (unpaired) electrons. The second kappa shape index (κ2) is 8.18. The minimum atomic E-state index is -0.710. The van der Waals surface area contributed by atoms with E-state index in [0.717, 1.165) is 23.3 Å². The number of benzene rings is 2. The van der Waals surface area contributed by atoms with Gasteiger partial charge in [-0.05, 0) is 43.3 Å². The standard InChI is InChI=1S/C20H16F3N3S/c1-13(2)10-24-20-26(25-11-15-5-8-17(22)9-18(15)23)19(12-27-20)14-3-6-16(21)7-4-14/h3-9,11-12H,1,10H2,2H3. The molecule has 0 bridgehead atoms. The van der Waals surface area contributed by atoms with Crippen LogP contribution in [0.25, 0.3) is 11.3 Å². The predicted octanol–water partition coefficient (Wildman–Crippen LogP) is 4.99. The Morgan fingerprint density at radius 3 is 2.48 bits per heavy atom. The lowest BCUT2D eigenvalue weighted by Gasteiger charge is -2.04. The number of halogens is 3. The highest BCUT2D eigenvalue weighted by molar-refractivity contribution is 7.07. The second-order valence-corrected chi connectivity index (χ2v) is 6.74. The third-order valence-corrected chi connectivity index (χ3v) is 4.44. The highest BCUT2D eigenvalue weighted by Gasteiger charge is 2.08. The highest BCUT2D eigenvalue weighted by Crippen LogP contribution is 2.20. The third-order valence-electron chi connectivity index (χ3n) is 3.58.